The number of hydrogen-bond acceptors (Lipinski definition) is 4. The minimum Gasteiger partial charge on any atom is -0.326 e. The third-order valence-corrected chi connectivity index (χ3v) is 5.05. The number of thiophene rings is 1. The van der Waals surface area contributed by atoms with Crippen LogP contribution in [0.1, 0.15) is 23.2 Å². The number of thiazole rings is 1. The van der Waals surface area contributed by atoms with E-state index in [1.165, 1.54) is 0 Å². The maximum absolute atomic E-state index is 12.0. The Morgan fingerprint density at radius 2 is 2.24 bits per heavy atom. The molecule has 0 spiro atoms. The first-order valence-corrected chi connectivity index (χ1v) is 8.66. The zero-order valence-corrected chi connectivity index (χ0v) is 13.4. The monoisotopic (exact) mass is 316 g/mol. The molecule has 3 nitrogen and oxygen atoms in total. The van der Waals surface area contributed by atoms with Crippen molar-refractivity contribution in [2.24, 2.45) is 0 Å². The molecular formula is C16H16N2OS2. The van der Waals surface area contributed by atoms with E-state index in [-0.39, 0.29) is 5.91 Å². The Kier molecular flexibility index (Phi) is 4.31. The second-order valence-corrected chi connectivity index (χ2v) is 6.99. The molecular weight excluding hydrogens is 300 g/mol. The summed E-state index contributed by atoms with van der Waals surface area (Å²) in [6.45, 7) is 2.16. The molecule has 21 heavy (non-hydrogen) atoms. The highest BCUT2D eigenvalue weighted by molar-refractivity contribution is 7.18. The largest absolute Gasteiger partial charge is 0.326 e. The average molecular weight is 316 g/mol. The van der Waals surface area contributed by atoms with E-state index in [4.69, 9.17) is 0 Å². The SMILES string of the molecule is CCCc1nc2ccc(NC(=O)Cc3cccs3)cc2s1. The number of benzene rings is 1. The van der Waals surface area contributed by atoms with E-state index in [0.29, 0.717) is 6.42 Å². The van der Waals surface area contributed by atoms with Crippen molar-refractivity contribution in [2.75, 3.05) is 5.32 Å². The first-order valence-electron chi connectivity index (χ1n) is 6.96. The number of amides is 1. The minimum atomic E-state index is 0.0232. The van der Waals surface area contributed by atoms with Crippen molar-refractivity contribution in [3.63, 3.8) is 0 Å². The molecule has 1 aromatic carbocycles. The highest BCUT2D eigenvalue weighted by Crippen LogP contribution is 2.26. The summed E-state index contributed by atoms with van der Waals surface area (Å²) >= 11 is 3.31. The van der Waals surface area contributed by atoms with E-state index >= 15 is 0 Å². The third kappa shape index (κ3) is 3.49. The zero-order chi connectivity index (χ0) is 14.7. The number of rotatable bonds is 5. The topological polar surface area (TPSA) is 42.0 Å². The van der Waals surface area contributed by atoms with Gasteiger partial charge in [0.15, 0.2) is 0 Å². The van der Waals surface area contributed by atoms with Gasteiger partial charge in [0.2, 0.25) is 5.91 Å². The van der Waals surface area contributed by atoms with E-state index in [0.717, 1.165) is 38.6 Å². The molecule has 5 heteroatoms. The number of aromatic nitrogens is 1. The number of carbonyl (C=O) groups excluding carboxylic acids is 1. The van der Waals surface area contributed by atoms with Crippen LogP contribution in [0, 0.1) is 0 Å². The number of nitrogens with one attached hydrogen (secondary N) is 1. The Labute approximate surface area is 131 Å². The first-order chi connectivity index (χ1) is 10.2. The number of aryl methyl sites for hydroxylation is 1. The van der Waals surface area contributed by atoms with Gasteiger partial charge in [0, 0.05) is 10.6 Å². The van der Waals surface area contributed by atoms with Crippen molar-refractivity contribution in [1.82, 2.24) is 4.98 Å². The van der Waals surface area contributed by atoms with E-state index in [1.807, 2.05) is 35.7 Å². The summed E-state index contributed by atoms with van der Waals surface area (Å²) < 4.78 is 1.13. The van der Waals surface area contributed by atoms with Crippen molar-refractivity contribution in [2.45, 2.75) is 26.2 Å². The fourth-order valence-electron chi connectivity index (χ4n) is 2.15. The molecule has 0 saturated heterocycles. The second-order valence-electron chi connectivity index (χ2n) is 4.84. The van der Waals surface area contributed by atoms with Gasteiger partial charge in [-0.2, -0.15) is 0 Å². The number of anilines is 1. The third-order valence-electron chi connectivity index (χ3n) is 3.10. The molecule has 3 rings (SSSR count). The summed E-state index contributed by atoms with van der Waals surface area (Å²) in [4.78, 5) is 17.7. The van der Waals surface area contributed by atoms with Gasteiger partial charge in [-0.1, -0.05) is 13.0 Å². The van der Waals surface area contributed by atoms with Crippen molar-refractivity contribution >= 4 is 44.5 Å². The molecule has 0 aliphatic rings. The van der Waals surface area contributed by atoms with Crippen LogP contribution in [0.2, 0.25) is 0 Å². The Morgan fingerprint density at radius 1 is 1.33 bits per heavy atom. The van der Waals surface area contributed by atoms with Gasteiger partial charge in [0.05, 0.1) is 21.6 Å². The zero-order valence-electron chi connectivity index (χ0n) is 11.8. The Morgan fingerprint density at radius 3 is 3.00 bits per heavy atom. The predicted octanol–water partition coefficient (Wildman–Crippen LogP) is 4.49. The molecule has 0 saturated carbocycles. The quantitative estimate of drug-likeness (QED) is 0.753. The summed E-state index contributed by atoms with van der Waals surface area (Å²) in [5, 5.41) is 6.11. The van der Waals surface area contributed by atoms with Crippen LogP contribution in [-0.2, 0) is 17.6 Å². The second kappa shape index (κ2) is 6.37. The lowest BCUT2D eigenvalue weighted by atomic mass is 10.2. The van der Waals surface area contributed by atoms with Crippen LogP contribution in [0.5, 0.6) is 0 Å². The standard InChI is InChI=1S/C16H16N2OS2/c1-2-4-16-18-13-7-6-11(9-14(13)21-16)17-15(19)10-12-5-3-8-20-12/h3,5-9H,2,4,10H2,1H3,(H,17,19). The van der Waals surface area contributed by atoms with Gasteiger partial charge < -0.3 is 5.32 Å². The van der Waals surface area contributed by atoms with E-state index in [9.17, 15) is 4.79 Å². The lowest BCUT2D eigenvalue weighted by Crippen LogP contribution is -2.13. The van der Waals surface area contributed by atoms with Crippen LogP contribution in [0.25, 0.3) is 10.2 Å². The van der Waals surface area contributed by atoms with Crippen LogP contribution >= 0.6 is 22.7 Å². The Bertz CT molecular complexity index is 747. The summed E-state index contributed by atoms with van der Waals surface area (Å²) in [5.74, 6) is 0.0232. The molecule has 0 radical (unpaired) electrons. The van der Waals surface area contributed by atoms with Gasteiger partial charge in [0.25, 0.3) is 0 Å². The lowest BCUT2D eigenvalue weighted by Gasteiger charge is -2.03. The highest BCUT2D eigenvalue weighted by Gasteiger charge is 2.07. The summed E-state index contributed by atoms with van der Waals surface area (Å²) in [6.07, 6.45) is 2.54. The van der Waals surface area contributed by atoms with Gasteiger partial charge in [-0.05, 0) is 42.5 Å². The van der Waals surface area contributed by atoms with Crippen LogP contribution in [0.4, 0.5) is 5.69 Å². The van der Waals surface area contributed by atoms with Gasteiger partial charge >= 0.3 is 0 Å². The summed E-state index contributed by atoms with van der Waals surface area (Å²) in [5.41, 5.74) is 1.86. The number of fused-ring (bicyclic) bond motifs is 1. The van der Waals surface area contributed by atoms with E-state index in [1.54, 1.807) is 22.7 Å². The smallest absolute Gasteiger partial charge is 0.229 e. The molecule has 0 fully saturated rings. The molecule has 0 bridgehead atoms. The van der Waals surface area contributed by atoms with Crippen LogP contribution in [0.15, 0.2) is 35.7 Å². The minimum absolute atomic E-state index is 0.0232. The summed E-state index contributed by atoms with van der Waals surface area (Å²) in [6, 6.07) is 9.86. The van der Waals surface area contributed by atoms with Crippen molar-refractivity contribution in [3.05, 3.63) is 45.6 Å². The lowest BCUT2D eigenvalue weighted by molar-refractivity contribution is -0.115. The number of hydrogen-bond donors (Lipinski definition) is 1. The first kappa shape index (κ1) is 14.2. The van der Waals surface area contributed by atoms with Gasteiger partial charge in [-0.15, -0.1) is 22.7 Å². The van der Waals surface area contributed by atoms with Crippen LogP contribution < -0.4 is 5.32 Å². The maximum atomic E-state index is 12.0. The molecule has 1 amide bonds. The van der Waals surface area contributed by atoms with E-state index < -0.39 is 0 Å². The molecule has 3 aromatic rings. The summed E-state index contributed by atoms with van der Waals surface area (Å²) in [7, 11) is 0. The molecule has 2 heterocycles. The maximum Gasteiger partial charge on any atom is 0.229 e. The average Bonchev–Trinajstić information content (AvgIpc) is 3.07. The van der Waals surface area contributed by atoms with Crippen LogP contribution in [0.3, 0.4) is 0 Å². The molecule has 108 valence electrons. The van der Waals surface area contributed by atoms with Gasteiger partial charge in [-0.25, -0.2) is 4.98 Å². The van der Waals surface area contributed by atoms with Crippen LogP contribution in [-0.4, -0.2) is 10.9 Å². The van der Waals surface area contributed by atoms with Gasteiger partial charge in [-0.3, -0.25) is 4.79 Å². The molecule has 0 unspecified atom stereocenters. The molecule has 0 aliphatic heterocycles. The molecule has 2 aromatic heterocycles. The fourth-order valence-corrected chi connectivity index (χ4v) is 3.96. The predicted molar refractivity (Wildman–Crippen MR) is 90.3 cm³/mol. The normalized spacial score (nSPS) is 10.9. The Hall–Kier alpha value is -1.72. The number of carbonyl (C=O) groups is 1. The fraction of sp³-hybridized carbons (Fsp3) is 0.250. The molecule has 0 aliphatic carbocycles. The Balaban J connectivity index is 1.73. The molecule has 0 atom stereocenters. The van der Waals surface area contributed by atoms with Crippen molar-refractivity contribution in [1.29, 1.82) is 0 Å². The van der Waals surface area contributed by atoms with Gasteiger partial charge in [0.1, 0.15) is 0 Å². The van der Waals surface area contributed by atoms with E-state index in [2.05, 4.69) is 17.2 Å². The molecule has 1 N–H and O–H groups in total. The number of nitrogens with zero attached hydrogens (tertiary/aromatic N) is 1. The highest BCUT2D eigenvalue weighted by atomic mass is 32.1. The van der Waals surface area contributed by atoms with Crippen molar-refractivity contribution in [3.8, 4) is 0 Å². The van der Waals surface area contributed by atoms with Crippen molar-refractivity contribution < 1.29 is 4.79 Å².